The quantitative estimate of drug-likeness (QED) is 0.251. The summed E-state index contributed by atoms with van der Waals surface area (Å²) in [6, 6.07) is 13.9. The van der Waals surface area contributed by atoms with Gasteiger partial charge in [0.1, 0.15) is 22.9 Å². The number of fused-ring (bicyclic) bond motifs is 1. The number of rotatable bonds is 9. The van der Waals surface area contributed by atoms with Crippen LogP contribution in [-0.4, -0.2) is 28.9 Å². The molecular weight excluding hydrogens is 526 g/mol. The van der Waals surface area contributed by atoms with E-state index in [0.29, 0.717) is 12.0 Å². The van der Waals surface area contributed by atoms with Crippen LogP contribution in [0.15, 0.2) is 76.1 Å². The van der Waals surface area contributed by atoms with E-state index in [1.54, 1.807) is 0 Å². The summed E-state index contributed by atoms with van der Waals surface area (Å²) in [5.74, 6) is -1.31. The number of nitrogens with two attached hydrogens (primary N) is 1. The van der Waals surface area contributed by atoms with Gasteiger partial charge in [-0.15, -0.1) is 0 Å². The maximum absolute atomic E-state index is 14.2. The number of carbonyl (C=O) groups is 1. The van der Waals surface area contributed by atoms with Crippen molar-refractivity contribution >= 4 is 16.9 Å². The molecule has 0 aliphatic heterocycles. The van der Waals surface area contributed by atoms with E-state index < -0.39 is 29.6 Å². The first-order valence-corrected chi connectivity index (χ1v) is 12.8. The smallest absolute Gasteiger partial charge is 0.433 e. The maximum atomic E-state index is 14.2. The molecule has 4 aromatic rings. The summed E-state index contributed by atoms with van der Waals surface area (Å²) in [6.07, 6.45) is -3.20. The molecule has 210 valence electrons. The zero-order valence-corrected chi connectivity index (χ0v) is 22.0. The molecule has 10 heteroatoms. The van der Waals surface area contributed by atoms with Gasteiger partial charge < -0.3 is 15.1 Å². The van der Waals surface area contributed by atoms with Crippen LogP contribution in [0.3, 0.4) is 0 Å². The summed E-state index contributed by atoms with van der Waals surface area (Å²) in [5, 5.41) is 0.199. The van der Waals surface area contributed by atoms with Gasteiger partial charge >= 0.3 is 6.18 Å². The van der Waals surface area contributed by atoms with E-state index in [1.807, 2.05) is 44.2 Å². The molecule has 2 aromatic heterocycles. The average molecular weight is 556 g/mol. The van der Waals surface area contributed by atoms with Crippen LogP contribution in [0.1, 0.15) is 59.2 Å². The molecule has 1 amide bonds. The Kier molecular flexibility index (Phi) is 8.68. The number of nitrogens with zero attached hydrogens (tertiary/aromatic N) is 2. The highest BCUT2D eigenvalue weighted by atomic mass is 19.4. The Balaban J connectivity index is 1.89. The van der Waals surface area contributed by atoms with Gasteiger partial charge in [0, 0.05) is 30.8 Å². The molecule has 0 spiro atoms. The largest absolute Gasteiger partial charge is 0.458 e. The van der Waals surface area contributed by atoms with Crippen molar-refractivity contribution in [1.29, 1.82) is 0 Å². The Morgan fingerprint density at radius 3 is 2.40 bits per heavy atom. The lowest BCUT2D eigenvalue weighted by Gasteiger charge is -2.35. The second kappa shape index (κ2) is 12.0. The van der Waals surface area contributed by atoms with Crippen LogP contribution in [0.4, 0.5) is 17.6 Å². The summed E-state index contributed by atoms with van der Waals surface area (Å²) in [4.78, 5) is 32.4. The molecule has 2 aromatic carbocycles. The minimum atomic E-state index is -4.66. The fraction of sp³-hybridized carbons (Fsp3) is 0.300. The van der Waals surface area contributed by atoms with Gasteiger partial charge in [-0.2, -0.15) is 13.2 Å². The Hall–Kier alpha value is -4.05. The summed E-state index contributed by atoms with van der Waals surface area (Å²) >= 11 is 0. The van der Waals surface area contributed by atoms with E-state index in [1.165, 1.54) is 17.0 Å². The van der Waals surface area contributed by atoms with Gasteiger partial charge in [0.15, 0.2) is 5.43 Å². The van der Waals surface area contributed by atoms with Crippen LogP contribution in [0.25, 0.3) is 11.0 Å². The first kappa shape index (κ1) is 28.9. The summed E-state index contributed by atoms with van der Waals surface area (Å²) in [6.45, 7) is 4.04. The number of hydrogen-bond donors (Lipinski definition) is 1. The molecule has 0 bridgehead atoms. The molecule has 0 saturated carbocycles. The van der Waals surface area contributed by atoms with Crippen molar-refractivity contribution in [2.45, 2.75) is 38.9 Å². The van der Waals surface area contributed by atoms with Crippen LogP contribution in [0, 0.1) is 11.7 Å². The monoisotopic (exact) mass is 555 g/mol. The third-order valence-corrected chi connectivity index (χ3v) is 6.60. The lowest BCUT2D eigenvalue weighted by molar-refractivity contribution is -0.141. The van der Waals surface area contributed by atoms with Crippen LogP contribution in [0.5, 0.6) is 0 Å². The molecule has 2 heterocycles. The van der Waals surface area contributed by atoms with Crippen molar-refractivity contribution in [3.05, 3.63) is 111 Å². The van der Waals surface area contributed by atoms with Crippen molar-refractivity contribution < 1.29 is 26.8 Å². The number of halogens is 4. The number of carbonyl (C=O) groups excluding carboxylic acids is 1. The Morgan fingerprint density at radius 2 is 1.80 bits per heavy atom. The van der Waals surface area contributed by atoms with Crippen molar-refractivity contribution in [2.75, 3.05) is 13.1 Å². The molecule has 1 atom stereocenters. The molecule has 0 saturated heterocycles. The lowest BCUT2D eigenvalue weighted by Crippen LogP contribution is -2.40. The third-order valence-electron chi connectivity index (χ3n) is 6.60. The standard InChI is InChI=1S/C30H29F4N3O3/c1-18(2)26(37(14-6-13-35)29(39)20-9-12-25(36-17-20)30(32,33)34)28-23(15-19-7-4-3-5-8-19)27(38)22-11-10-21(31)16-24(22)40-28/h3-5,7-12,16-18,26H,6,13-15,35H2,1-2H3. The molecule has 0 aliphatic carbocycles. The fourth-order valence-corrected chi connectivity index (χ4v) is 4.72. The Bertz CT molecular complexity index is 1530. The van der Waals surface area contributed by atoms with E-state index in [0.717, 1.165) is 30.0 Å². The number of benzene rings is 2. The topological polar surface area (TPSA) is 89.4 Å². The number of pyridine rings is 1. The number of aromatic nitrogens is 1. The number of hydrogen-bond acceptors (Lipinski definition) is 5. The van der Waals surface area contributed by atoms with Gasteiger partial charge in [-0.25, -0.2) is 4.39 Å². The van der Waals surface area contributed by atoms with Crippen LogP contribution >= 0.6 is 0 Å². The van der Waals surface area contributed by atoms with Gasteiger partial charge in [-0.3, -0.25) is 14.6 Å². The van der Waals surface area contributed by atoms with E-state index in [-0.39, 0.29) is 53.1 Å². The molecular formula is C30H29F4N3O3. The van der Waals surface area contributed by atoms with Crippen molar-refractivity contribution in [1.82, 2.24) is 9.88 Å². The normalized spacial score (nSPS) is 12.6. The molecule has 6 nitrogen and oxygen atoms in total. The third kappa shape index (κ3) is 6.22. The highest BCUT2D eigenvalue weighted by molar-refractivity contribution is 5.94. The summed E-state index contributed by atoms with van der Waals surface area (Å²) in [5.41, 5.74) is 5.38. The van der Waals surface area contributed by atoms with Crippen LogP contribution in [0.2, 0.25) is 0 Å². The molecule has 1 unspecified atom stereocenters. The number of amides is 1. The first-order valence-electron chi connectivity index (χ1n) is 12.8. The van der Waals surface area contributed by atoms with Gasteiger partial charge in [0.25, 0.3) is 5.91 Å². The summed E-state index contributed by atoms with van der Waals surface area (Å²) < 4.78 is 59.6. The highest BCUT2D eigenvalue weighted by Gasteiger charge is 2.35. The minimum absolute atomic E-state index is 0.0323. The van der Waals surface area contributed by atoms with E-state index in [2.05, 4.69) is 4.98 Å². The molecule has 0 radical (unpaired) electrons. The molecule has 0 fully saturated rings. The zero-order valence-electron chi connectivity index (χ0n) is 22.0. The predicted octanol–water partition coefficient (Wildman–Crippen LogP) is 6.13. The second-order valence-corrected chi connectivity index (χ2v) is 9.84. The molecule has 4 rings (SSSR count). The van der Waals surface area contributed by atoms with Gasteiger partial charge in [0.2, 0.25) is 0 Å². The van der Waals surface area contributed by atoms with E-state index in [4.69, 9.17) is 10.2 Å². The average Bonchev–Trinajstić information content (AvgIpc) is 2.92. The molecule has 0 aliphatic rings. The Labute approximate surface area is 228 Å². The zero-order chi connectivity index (χ0) is 29.0. The highest BCUT2D eigenvalue weighted by Crippen LogP contribution is 2.35. The molecule has 40 heavy (non-hydrogen) atoms. The van der Waals surface area contributed by atoms with Gasteiger partial charge in [-0.1, -0.05) is 44.2 Å². The van der Waals surface area contributed by atoms with Crippen molar-refractivity contribution in [2.24, 2.45) is 11.7 Å². The van der Waals surface area contributed by atoms with Gasteiger partial charge in [0.05, 0.1) is 17.0 Å². The second-order valence-electron chi connectivity index (χ2n) is 9.84. The maximum Gasteiger partial charge on any atom is 0.433 e. The van der Waals surface area contributed by atoms with E-state index >= 15 is 0 Å². The SMILES string of the molecule is CC(C)C(c1oc2cc(F)ccc2c(=O)c1Cc1ccccc1)N(CCCN)C(=O)c1ccc(C(F)(F)F)nc1. The Morgan fingerprint density at radius 1 is 1.07 bits per heavy atom. The van der Waals surface area contributed by atoms with Crippen LogP contribution in [-0.2, 0) is 12.6 Å². The van der Waals surface area contributed by atoms with Crippen molar-refractivity contribution in [3.63, 3.8) is 0 Å². The van der Waals surface area contributed by atoms with Crippen LogP contribution < -0.4 is 11.2 Å². The van der Waals surface area contributed by atoms with E-state index in [9.17, 15) is 27.2 Å². The fourth-order valence-electron chi connectivity index (χ4n) is 4.72. The first-order chi connectivity index (χ1) is 19.0. The number of alkyl halides is 3. The lowest BCUT2D eigenvalue weighted by atomic mass is 9.91. The van der Waals surface area contributed by atoms with Gasteiger partial charge in [-0.05, 0) is 48.7 Å². The molecule has 2 N–H and O–H groups in total. The predicted molar refractivity (Wildman–Crippen MR) is 143 cm³/mol. The minimum Gasteiger partial charge on any atom is -0.458 e. The van der Waals surface area contributed by atoms with Crippen molar-refractivity contribution in [3.8, 4) is 0 Å². The summed E-state index contributed by atoms with van der Waals surface area (Å²) in [7, 11) is 0.